The van der Waals surface area contributed by atoms with Crippen LogP contribution >= 0.6 is 38.5 Å². The highest BCUT2D eigenvalue weighted by atomic mass is 127. The number of benzene rings is 2. The molecule has 0 bridgehead atoms. The van der Waals surface area contributed by atoms with Crippen molar-refractivity contribution in [3.05, 3.63) is 61.4 Å². The molecule has 1 amide bonds. The molecule has 0 heterocycles. The second-order valence-corrected chi connectivity index (χ2v) is 6.11. The Hall–Kier alpha value is -0.950. The summed E-state index contributed by atoms with van der Waals surface area (Å²) in [5, 5.41) is 2.72. The minimum Gasteiger partial charge on any atom is -0.322 e. The molecule has 0 aliphatic heterocycles. The van der Waals surface area contributed by atoms with Gasteiger partial charge in [-0.2, -0.15) is 0 Å². The zero-order valence-electron chi connectivity index (χ0n) is 10.0. The minimum absolute atomic E-state index is 0.0207. The molecule has 0 atom stereocenters. The van der Waals surface area contributed by atoms with Crippen LogP contribution < -0.4 is 5.32 Å². The number of rotatable bonds is 2. The zero-order chi connectivity index (χ0) is 14.0. The van der Waals surface area contributed by atoms with Crippen LogP contribution in [0.3, 0.4) is 0 Å². The fraction of sp³-hybridized carbons (Fsp3) is 0.0714. The number of hydrogen-bond donors (Lipinski definition) is 1. The Kier molecular flexibility index (Phi) is 4.57. The number of carbonyl (C=O) groups is 1. The third-order valence-electron chi connectivity index (χ3n) is 2.63. The summed E-state index contributed by atoms with van der Waals surface area (Å²) in [5.41, 5.74) is 1.65. The number of anilines is 1. The minimum atomic E-state index is -0.553. The molecule has 0 fully saturated rings. The lowest BCUT2D eigenvalue weighted by Gasteiger charge is -2.09. The summed E-state index contributed by atoms with van der Waals surface area (Å²) in [6.07, 6.45) is 0. The predicted octanol–water partition coefficient (Wildman–Crippen LogP) is 4.75. The van der Waals surface area contributed by atoms with Crippen LogP contribution in [0.1, 0.15) is 15.9 Å². The van der Waals surface area contributed by atoms with Crippen molar-refractivity contribution in [3.8, 4) is 0 Å². The molecule has 2 aromatic carbocycles. The first-order valence-corrected chi connectivity index (χ1v) is 7.37. The Balaban J connectivity index is 2.28. The van der Waals surface area contributed by atoms with Crippen molar-refractivity contribution >= 4 is 50.1 Å². The molecule has 0 saturated carbocycles. The normalized spacial score (nSPS) is 10.3. The molecule has 98 valence electrons. The highest BCUT2D eigenvalue weighted by Crippen LogP contribution is 2.22. The van der Waals surface area contributed by atoms with E-state index in [-0.39, 0.29) is 10.0 Å². The van der Waals surface area contributed by atoms with E-state index in [1.165, 1.54) is 6.07 Å². The molecular weight excluding hydrogens is 424 g/mol. The zero-order valence-corrected chi connectivity index (χ0v) is 13.7. The van der Waals surface area contributed by atoms with Gasteiger partial charge in [-0.15, -0.1) is 0 Å². The lowest BCUT2D eigenvalue weighted by molar-refractivity contribution is 0.102. The Bertz CT molecular complexity index is 645. The third kappa shape index (κ3) is 3.33. The maximum Gasteiger partial charge on any atom is 0.258 e. The molecule has 2 rings (SSSR count). The van der Waals surface area contributed by atoms with Gasteiger partial charge in [0, 0.05) is 9.26 Å². The average Bonchev–Trinajstić information content (AvgIpc) is 2.36. The number of halogens is 3. The number of hydrogen-bond acceptors (Lipinski definition) is 1. The lowest BCUT2D eigenvalue weighted by atomic mass is 10.1. The first-order valence-electron chi connectivity index (χ1n) is 5.50. The Morgan fingerprint density at radius 1 is 1.32 bits per heavy atom. The van der Waals surface area contributed by atoms with E-state index < -0.39 is 11.7 Å². The van der Waals surface area contributed by atoms with Gasteiger partial charge in [-0.05, 0) is 81.3 Å². The van der Waals surface area contributed by atoms with Crippen molar-refractivity contribution in [3.63, 3.8) is 0 Å². The quantitative estimate of drug-likeness (QED) is 0.680. The van der Waals surface area contributed by atoms with Crippen LogP contribution in [0.5, 0.6) is 0 Å². The largest absolute Gasteiger partial charge is 0.322 e. The fourth-order valence-electron chi connectivity index (χ4n) is 1.64. The van der Waals surface area contributed by atoms with Gasteiger partial charge in [-0.3, -0.25) is 4.79 Å². The summed E-state index contributed by atoms with van der Waals surface area (Å²) in [4.78, 5) is 12.1. The third-order valence-corrected chi connectivity index (χ3v) is 3.92. The maximum absolute atomic E-state index is 13.8. The van der Waals surface area contributed by atoms with Crippen LogP contribution in [-0.4, -0.2) is 5.91 Å². The Labute approximate surface area is 132 Å². The van der Waals surface area contributed by atoms with Crippen LogP contribution in [0.25, 0.3) is 0 Å². The monoisotopic (exact) mass is 433 g/mol. The van der Waals surface area contributed by atoms with Crippen LogP contribution in [-0.2, 0) is 0 Å². The molecule has 2 nitrogen and oxygen atoms in total. The molecule has 2 aromatic rings. The van der Waals surface area contributed by atoms with Gasteiger partial charge in [0.05, 0.1) is 10.0 Å². The Morgan fingerprint density at radius 3 is 2.74 bits per heavy atom. The fourth-order valence-corrected chi connectivity index (χ4v) is 2.65. The number of amides is 1. The van der Waals surface area contributed by atoms with Crippen LogP contribution in [0.15, 0.2) is 40.9 Å². The van der Waals surface area contributed by atoms with Gasteiger partial charge in [-0.25, -0.2) is 4.39 Å². The lowest BCUT2D eigenvalue weighted by Crippen LogP contribution is -2.14. The van der Waals surface area contributed by atoms with Gasteiger partial charge >= 0.3 is 0 Å². The summed E-state index contributed by atoms with van der Waals surface area (Å²) in [7, 11) is 0. The first kappa shape index (κ1) is 14.5. The van der Waals surface area contributed by atoms with Crippen molar-refractivity contribution in [2.75, 3.05) is 5.32 Å². The maximum atomic E-state index is 13.8. The van der Waals surface area contributed by atoms with E-state index in [0.717, 1.165) is 9.13 Å². The molecule has 0 unspecified atom stereocenters. The SMILES string of the molecule is Cc1cc(I)ccc1NC(=O)c1cccc(Br)c1F. The molecule has 1 N–H and O–H groups in total. The van der Waals surface area contributed by atoms with E-state index in [9.17, 15) is 9.18 Å². The Morgan fingerprint density at radius 2 is 2.05 bits per heavy atom. The highest BCUT2D eigenvalue weighted by molar-refractivity contribution is 14.1. The summed E-state index contributed by atoms with van der Waals surface area (Å²) in [6.45, 7) is 1.90. The number of nitrogens with one attached hydrogen (secondary N) is 1. The van der Waals surface area contributed by atoms with Gasteiger partial charge in [0.1, 0.15) is 5.82 Å². The summed E-state index contributed by atoms with van der Waals surface area (Å²) >= 11 is 5.27. The molecule has 0 aromatic heterocycles. The first-order chi connectivity index (χ1) is 8.99. The van der Waals surface area contributed by atoms with E-state index in [4.69, 9.17) is 0 Å². The van der Waals surface area contributed by atoms with Gasteiger partial charge in [0.2, 0.25) is 0 Å². The van der Waals surface area contributed by atoms with Crippen molar-refractivity contribution in [1.29, 1.82) is 0 Å². The summed E-state index contributed by atoms with van der Waals surface area (Å²) < 4.78 is 15.2. The standard InChI is InChI=1S/C14H10BrFINO/c1-8-7-9(17)5-6-12(8)18-14(19)10-3-2-4-11(15)13(10)16/h2-7H,1H3,(H,18,19). The summed E-state index contributed by atoms with van der Waals surface area (Å²) in [6, 6.07) is 10.3. The van der Waals surface area contributed by atoms with Crippen molar-refractivity contribution < 1.29 is 9.18 Å². The average molecular weight is 434 g/mol. The van der Waals surface area contributed by atoms with Crippen molar-refractivity contribution in [2.45, 2.75) is 6.92 Å². The van der Waals surface area contributed by atoms with Gasteiger partial charge in [0.15, 0.2) is 0 Å². The predicted molar refractivity (Wildman–Crippen MR) is 85.9 cm³/mol. The van der Waals surface area contributed by atoms with Crippen LogP contribution in [0.4, 0.5) is 10.1 Å². The van der Waals surface area contributed by atoms with Crippen LogP contribution in [0.2, 0.25) is 0 Å². The molecule has 5 heteroatoms. The smallest absolute Gasteiger partial charge is 0.258 e. The van der Waals surface area contributed by atoms with E-state index >= 15 is 0 Å². The molecule has 0 spiro atoms. The number of carbonyl (C=O) groups excluding carboxylic acids is 1. The molecule has 0 radical (unpaired) electrons. The molecule has 19 heavy (non-hydrogen) atoms. The van der Waals surface area contributed by atoms with Crippen LogP contribution in [0, 0.1) is 16.3 Å². The molecule has 0 aliphatic rings. The van der Waals surface area contributed by atoms with Crippen molar-refractivity contribution in [1.82, 2.24) is 0 Å². The number of aryl methyl sites for hydroxylation is 1. The molecule has 0 aliphatic carbocycles. The van der Waals surface area contributed by atoms with Crippen molar-refractivity contribution in [2.24, 2.45) is 0 Å². The van der Waals surface area contributed by atoms with E-state index in [1.54, 1.807) is 12.1 Å². The van der Waals surface area contributed by atoms with E-state index in [1.807, 2.05) is 25.1 Å². The summed E-state index contributed by atoms with van der Waals surface area (Å²) in [5.74, 6) is -1.01. The van der Waals surface area contributed by atoms with Gasteiger partial charge in [0.25, 0.3) is 5.91 Å². The second-order valence-electron chi connectivity index (χ2n) is 4.01. The topological polar surface area (TPSA) is 29.1 Å². The van der Waals surface area contributed by atoms with Gasteiger partial charge in [-0.1, -0.05) is 6.07 Å². The van der Waals surface area contributed by atoms with E-state index in [0.29, 0.717) is 5.69 Å². The molecular formula is C14H10BrFINO. The van der Waals surface area contributed by atoms with E-state index in [2.05, 4.69) is 43.8 Å². The van der Waals surface area contributed by atoms with Gasteiger partial charge < -0.3 is 5.32 Å². The second kappa shape index (κ2) is 6.00. The molecule has 0 saturated heterocycles. The highest BCUT2D eigenvalue weighted by Gasteiger charge is 2.14.